The summed E-state index contributed by atoms with van der Waals surface area (Å²) in [5, 5.41) is 0.296. The van der Waals surface area contributed by atoms with Crippen LogP contribution in [0.3, 0.4) is 0 Å². The van der Waals surface area contributed by atoms with Gasteiger partial charge in [-0.25, -0.2) is 0 Å². The van der Waals surface area contributed by atoms with Crippen LogP contribution >= 0.6 is 0 Å². The minimum atomic E-state index is -1.71. The van der Waals surface area contributed by atoms with Crippen molar-refractivity contribution in [3.63, 3.8) is 0 Å². The van der Waals surface area contributed by atoms with E-state index >= 15 is 0 Å². The van der Waals surface area contributed by atoms with E-state index in [1.54, 1.807) is 5.57 Å². The Labute approximate surface area is 219 Å². The third-order valence-electron chi connectivity index (χ3n) is 11.9. The number of hydrogen-bond acceptors (Lipinski definition) is 1. The first-order valence-electron chi connectivity index (χ1n) is 14.9. The minimum absolute atomic E-state index is 0.296. The zero-order valence-electron chi connectivity index (χ0n) is 24.8. The van der Waals surface area contributed by atoms with Gasteiger partial charge in [0, 0.05) is 6.10 Å². The van der Waals surface area contributed by atoms with E-state index in [1.807, 2.05) is 0 Å². The standard InChI is InChI=1S/C33H56OSi/c1-23(2)12-11-13-24(3)28-16-17-29-27-15-14-25-22-26(34-35(9,10)31(4,5)6)18-20-32(25,7)30(27)19-21-33(28,29)8/h11-14,24,26-30H,15-22H2,1-10H3/b13-11-/t24-,26-,27+,28-,29+,30+,32+,33-/m1/s1. The average Bonchev–Trinajstić information content (AvgIpc) is 3.10. The summed E-state index contributed by atoms with van der Waals surface area (Å²) in [5.41, 5.74) is 4.11. The van der Waals surface area contributed by atoms with Crippen molar-refractivity contribution >= 4 is 8.32 Å². The van der Waals surface area contributed by atoms with Crippen LogP contribution in [-0.4, -0.2) is 14.4 Å². The SMILES string of the molecule is CC(C)=C/C=C\[C@@H](C)[C@H]1CC[C@H]2[C@@H]3CC=C4C[C@H](O[Si](C)(C)C(C)(C)C)CC[C@]4(C)[C@H]3CC[C@]12C. The monoisotopic (exact) mass is 496 g/mol. The molecule has 0 aromatic carbocycles. The Morgan fingerprint density at radius 2 is 1.77 bits per heavy atom. The lowest BCUT2D eigenvalue weighted by Crippen LogP contribution is -2.52. The van der Waals surface area contributed by atoms with Crippen LogP contribution in [0.4, 0.5) is 0 Å². The number of hydrogen-bond donors (Lipinski definition) is 0. The maximum atomic E-state index is 6.93. The summed E-state index contributed by atoms with van der Waals surface area (Å²) in [7, 11) is -1.71. The van der Waals surface area contributed by atoms with Gasteiger partial charge in [-0.05, 0) is 124 Å². The lowest BCUT2D eigenvalue weighted by Gasteiger charge is -2.59. The molecule has 4 rings (SSSR count). The molecule has 1 nitrogen and oxygen atoms in total. The van der Waals surface area contributed by atoms with Gasteiger partial charge in [0.2, 0.25) is 0 Å². The Morgan fingerprint density at radius 3 is 2.43 bits per heavy atom. The van der Waals surface area contributed by atoms with Crippen molar-refractivity contribution in [1.29, 1.82) is 0 Å². The molecule has 4 aliphatic rings. The zero-order chi connectivity index (χ0) is 25.8. The Bertz CT molecular complexity index is 868. The highest BCUT2D eigenvalue weighted by Crippen LogP contribution is 2.67. The van der Waals surface area contributed by atoms with Crippen LogP contribution in [0.5, 0.6) is 0 Å². The molecule has 0 radical (unpaired) electrons. The van der Waals surface area contributed by atoms with Gasteiger partial charge in [-0.2, -0.15) is 0 Å². The Kier molecular flexibility index (Phi) is 7.53. The van der Waals surface area contributed by atoms with Gasteiger partial charge in [0.15, 0.2) is 8.32 Å². The summed E-state index contributed by atoms with van der Waals surface area (Å²) >= 11 is 0. The molecule has 0 aliphatic heterocycles. The first kappa shape index (κ1) is 27.4. The highest BCUT2D eigenvalue weighted by molar-refractivity contribution is 6.74. The van der Waals surface area contributed by atoms with Crippen LogP contribution < -0.4 is 0 Å². The Balaban J connectivity index is 1.49. The molecule has 198 valence electrons. The fourth-order valence-corrected chi connectivity index (χ4v) is 10.2. The molecule has 8 atom stereocenters. The molecule has 3 fully saturated rings. The third-order valence-corrected chi connectivity index (χ3v) is 16.4. The number of rotatable bonds is 5. The fraction of sp³-hybridized carbons (Fsp3) is 0.818. The molecule has 4 aliphatic carbocycles. The molecule has 0 N–H and O–H groups in total. The highest BCUT2D eigenvalue weighted by atomic mass is 28.4. The average molecular weight is 497 g/mol. The summed E-state index contributed by atoms with van der Waals surface area (Å²) in [5.74, 6) is 4.25. The summed E-state index contributed by atoms with van der Waals surface area (Å²) < 4.78 is 6.93. The first-order chi connectivity index (χ1) is 16.2. The van der Waals surface area contributed by atoms with E-state index in [2.05, 4.69) is 92.8 Å². The molecule has 0 heterocycles. The second kappa shape index (κ2) is 9.61. The molecule has 0 saturated heterocycles. The molecular formula is C33H56OSi. The number of fused-ring (bicyclic) bond motifs is 5. The van der Waals surface area contributed by atoms with E-state index in [4.69, 9.17) is 4.43 Å². The predicted molar refractivity (Wildman–Crippen MR) is 155 cm³/mol. The zero-order valence-corrected chi connectivity index (χ0v) is 25.8. The molecule has 2 heteroatoms. The van der Waals surface area contributed by atoms with Gasteiger partial charge in [0.25, 0.3) is 0 Å². The van der Waals surface area contributed by atoms with Crippen molar-refractivity contribution in [3.8, 4) is 0 Å². The van der Waals surface area contributed by atoms with E-state index in [0.29, 0.717) is 27.9 Å². The van der Waals surface area contributed by atoms with Gasteiger partial charge < -0.3 is 4.43 Å². The van der Waals surface area contributed by atoms with E-state index in [0.717, 1.165) is 23.7 Å². The highest BCUT2D eigenvalue weighted by Gasteiger charge is 2.59. The predicted octanol–water partition coefficient (Wildman–Crippen LogP) is 10.1. The van der Waals surface area contributed by atoms with Gasteiger partial charge >= 0.3 is 0 Å². The summed E-state index contributed by atoms with van der Waals surface area (Å²) in [6.45, 7) is 24.2. The van der Waals surface area contributed by atoms with E-state index in [9.17, 15) is 0 Å². The molecule has 35 heavy (non-hydrogen) atoms. The van der Waals surface area contributed by atoms with E-state index in [1.165, 1.54) is 56.9 Å². The summed E-state index contributed by atoms with van der Waals surface area (Å²) in [6.07, 6.45) is 21.2. The molecule has 0 unspecified atom stereocenters. The molecule has 0 aromatic heterocycles. The molecule has 0 amide bonds. The van der Waals surface area contributed by atoms with Crippen molar-refractivity contribution in [1.82, 2.24) is 0 Å². The lowest BCUT2D eigenvalue weighted by molar-refractivity contribution is -0.0532. The van der Waals surface area contributed by atoms with Gasteiger partial charge in [0.1, 0.15) is 0 Å². The third kappa shape index (κ3) is 4.97. The van der Waals surface area contributed by atoms with E-state index in [-0.39, 0.29) is 0 Å². The molecule has 3 saturated carbocycles. The summed E-state index contributed by atoms with van der Waals surface area (Å²) in [4.78, 5) is 0. The van der Waals surface area contributed by atoms with Crippen molar-refractivity contribution in [2.45, 2.75) is 131 Å². The molecular weight excluding hydrogens is 440 g/mol. The topological polar surface area (TPSA) is 9.23 Å². The lowest BCUT2D eigenvalue weighted by atomic mass is 9.47. The normalized spacial score (nSPS) is 40.5. The molecule has 0 aromatic rings. The van der Waals surface area contributed by atoms with Crippen LogP contribution in [0.15, 0.2) is 35.5 Å². The van der Waals surface area contributed by atoms with Crippen LogP contribution in [0.25, 0.3) is 0 Å². The van der Waals surface area contributed by atoms with Crippen molar-refractivity contribution in [2.24, 2.45) is 40.4 Å². The fourth-order valence-electron chi connectivity index (χ4n) is 8.78. The Morgan fingerprint density at radius 1 is 1.06 bits per heavy atom. The minimum Gasteiger partial charge on any atom is -0.414 e. The van der Waals surface area contributed by atoms with Crippen LogP contribution in [0, 0.1) is 40.4 Å². The van der Waals surface area contributed by atoms with Crippen molar-refractivity contribution < 1.29 is 4.43 Å². The molecule has 0 spiro atoms. The second-order valence-electron chi connectivity index (χ2n) is 15.2. The maximum absolute atomic E-state index is 6.93. The summed E-state index contributed by atoms with van der Waals surface area (Å²) in [6, 6.07) is 0. The van der Waals surface area contributed by atoms with Crippen molar-refractivity contribution in [2.75, 3.05) is 0 Å². The van der Waals surface area contributed by atoms with Crippen LogP contribution in [0.1, 0.15) is 107 Å². The largest absolute Gasteiger partial charge is 0.414 e. The second-order valence-corrected chi connectivity index (χ2v) is 20.0. The van der Waals surface area contributed by atoms with Gasteiger partial charge in [0.05, 0.1) is 0 Å². The maximum Gasteiger partial charge on any atom is 0.192 e. The van der Waals surface area contributed by atoms with Crippen molar-refractivity contribution in [3.05, 3.63) is 35.5 Å². The Hall–Kier alpha value is -0.603. The van der Waals surface area contributed by atoms with Crippen LogP contribution in [-0.2, 0) is 4.43 Å². The van der Waals surface area contributed by atoms with Gasteiger partial charge in [-0.3, -0.25) is 0 Å². The van der Waals surface area contributed by atoms with Gasteiger partial charge in [-0.15, -0.1) is 0 Å². The van der Waals surface area contributed by atoms with Gasteiger partial charge in [-0.1, -0.05) is 77.0 Å². The quantitative estimate of drug-likeness (QED) is 0.209. The number of allylic oxidation sites excluding steroid dienone is 5. The molecule has 0 bridgehead atoms. The smallest absolute Gasteiger partial charge is 0.192 e. The van der Waals surface area contributed by atoms with Crippen LogP contribution in [0.2, 0.25) is 18.1 Å². The first-order valence-corrected chi connectivity index (χ1v) is 17.8. The van der Waals surface area contributed by atoms with E-state index < -0.39 is 8.32 Å².